The van der Waals surface area contributed by atoms with Gasteiger partial charge in [0.25, 0.3) is 5.91 Å². The maximum atomic E-state index is 13.1. The summed E-state index contributed by atoms with van der Waals surface area (Å²) in [7, 11) is 0. The summed E-state index contributed by atoms with van der Waals surface area (Å²) in [6, 6.07) is 10.0. The van der Waals surface area contributed by atoms with Crippen LogP contribution in [0.3, 0.4) is 0 Å². The third-order valence-corrected chi connectivity index (χ3v) is 7.56. The Morgan fingerprint density at radius 1 is 0.971 bits per heavy atom. The molecule has 0 radical (unpaired) electrons. The highest BCUT2D eigenvalue weighted by atomic mass is 35.5. The number of alkyl halides is 3. The summed E-state index contributed by atoms with van der Waals surface area (Å²) in [6.45, 7) is -0.605. The maximum absolute atomic E-state index is 13.1. The average molecular weight is 527 g/mol. The van der Waals surface area contributed by atoms with Crippen LogP contribution in [-0.4, -0.2) is 42.0 Å². The summed E-state index contributed by atoms with van der Waals surface area (Å²) in [6.07, 6.45) is 2.57. The van der Waals surface area contributed by atoms with E-state index in [9.17, 15) is 22.8 Å². The van der Waals surface area contributed by atoms with E-state index in [4.69, 9.17) is 23.2 Å². The minimum absolute atomic E-state index is 0.120. The van der Waals surface area contributed by atoms with E-state index in [1.165, 1.54) is 31.4 Å². The van der Waals surface area contributed by atoms with E-state index in [1.807, 2.05) is 10.2 Å². The Morgan fingerprint density at radius 3 is 2.20 bits per heavy atom. The van der Waals surface area contributed by atoms with Gasteiger partial charge in [0.05, 0.1) is 0 Å². The topological polar surface area (TPSA) is 49.4 Å². The lowest BCUT2D eigenvalue weighted by molar-refractivity contribution is -0.133. The molecule has 0 spiro atoms. The van der Waals surface area contributed by atoms with Crippen LogP contribution in [0.4, 0.5) is 13.2 Å². The highest BCUT2D eigenvalue weighted by molar-refractivity contribution is 6.36. The van der Waals surface area contributed by atoms with Gasteiger partial charge in [-0.05, 0) is 66.6 Å². The van der Waals surface area contributed by atoms with Gasteiger partial charge >= 0.3 is 6.18 Å². The van der Waals surface area contributed by atoms with Crippen LogP contribution in [0.25, 0.3) is 11.1 Å². The smallest absolute Gasteiger partial charge is 0.343 e. The number of carbonyl (C=O) groups excluding carboxylic acids is 2. The molecule has 4 nitrogen and oxygen atoms in total. The second-order valence-electron chi connectivity index (χ2n) is 9.31. The van der Waals surface area contributed by atoms with Gasteiger partial charge < -0.3 is 10.2 Å². The second-order valence-corrected chi connectivity index (χ2v) is 10.1. The zero-order valence-electron chi connectivity index (χ0n) is 19.1. The summed E-state index contributed by atoms with van der Waals surface area (Å²) in [5.41, 5.74) is 2.29. The Labute approximate surface area is 212 Å². The maximum Gasteiger partial charge on any atom is 0.405 e. The number of nitrogens with one attached hydrogen (secondary N) is 1. The van der Waals surface area contributed by atoms with Gasteiger partial charge in [-0.3, -0.25) is 9.59 Å². The van der Waals surface area contributed by atoms with Crippen molar-refractivity contribution in [2.75, 3.05) is 13.1 Å². The SMILES string of the molecule is O=C(NCC(F)(F)F)c1ccc(-c2cc(Cl)c(CC3CCN(C4CCCCC4)C3=O)c(Cl)c2)cc1. The van der Waals surface area contributed by atoms with Crippen molar-refractivity contribution in [2.24, 2.45) is 5.92 Å². The normalized spacial score (nSPS) is 19.3. The standard InChI is InChI=1S/C26H27Cl2F3N2O2/c27-22-13-19(16-6-8-17(9-7-16)24(34)32-15-26(29,30)31)14-23(28)21(22)12-18-10-11-33(25(18)35)20-4-2-1-3-5-20/h6-9,13-14,18,20H,1-5,10-12,15H2,(H,32,34). The highest BCUT2D eigenvalue weighted by Gasteiger charge is 2.36. The first-order valence-corrected chi connectivity index (χ1v) is 12.6. The molecular formula is C26H27Cl2F3N2O2. The summed E-state index contributed by atoms with van der Waals surface area (Å²) < 4.78 is 37.0. The van der Waals surface area contributed by atoms with Crippen LogP contribution in [0.2, 0.25) is 10.0 Å². The van der Waals surface area contributed by atoms with Crippen molar-refractivity contribution >= 4 is 35.0 Å². The minimum Gasteiger partial charge on any atom is -0.343 e. The minimum atomic E-state index is -4.47. The lowest BCUT2D eigenvalue weighted by Crippen LogP contribution is -2.39. The van der Waals surface area contributed by atoms with Crippen LogP contribution in [-0.2, 0) is 11.2 Å². The van der Waals surface area contributed by atoms with Crippen LogP contribution >= 0.6 is 23.2 Å². The fraction of sp³-hybridized carbons (Fsp3) is 0.462. The first-order valence-electron chi connectivity index (χ1n) is 11.9. The molecule has 2 amide bonds. The van der Waals surface area contributed by atoms with Crippen molar-refractivity contribution in [3.05, 3.63) is 57.6 Å². The molecule has 2 fully saturated rings. The molecule has 1 atom stereocenters. The number of nitrogens with zero attached hydrogens (tertiary/aromatic N) is 1. The Hall–Kier alpha value is -2.25. The molecule has 1 saturated carbocycles. The summed E-state index contributed by atoms with van der Waals surface area (Å²) >= 11 is 13.2. The number of carbonyl (C=O) groups is 2. The highest BCUT2D eigenvalue weighted by Crippen LogP contribution is 2.36. The second kappa shape index (κ2) is 10.8. The Kier molecular flexibility index (Phi) is 7.96. The van der Waals surface area contributed by atoms with Gasteiger partial charge in [-0.1, -0.05) is 54.6 Å². The van der Waals surface area contributed by atoms with Gasteiger partial charge in [-0.2, -0.15) is 13.2 Å². The number of hydrogen-bond acceptors (Lipinski definition) is 2. The molecule has 0 aromatic heterocycles. The van der Waals surface area contributed by atoms with E-state index < -0.39 is 18.6 Å². The Balaban J connectivity index is 1.43. The van der Waals surface area contributed by atoms with E-state index in [1.54, 1.807) is 24.3 Å². The zero-order chi connectivity index (χ0) is 25.2. The van der Waals surface area contributed by atoms with E-state index >= 15 is 0 Å². The lowest BCUT2D eigenvalue weighted by atomic mass is 9.93. The quantitative estimate of drug-likeness (QED) is 0.456. The molecule has 1 N–H and O–H groups in total. The summed E-state index contributed by atoms with van der Waals surface area (Å²) in [4.78, 5) is 27.0. The van der Waals surface area contributed by atoms with Crippen molar-refractivity contribution in [1.29, 1.82) is 0 Å². The van der Waals surface area contributed by atoms with Gasteiger partial charge in [-0.15, -0.1) is 0 Å². The van der Waals surface area contributed by atoms with Crippen molar-refractivity contribution < 1.29 is 22.8 Å². The molecule has 1 aliphatic carbocycles. The number of likely N-dealkylation sites (tertiary alicyclic amines) is 1. The van der Waals surface area contributed by atoms with Gasteiger partial charge in [0.1, 0.15) is 6.54 Å². The molecule has 1 aliphatic heterocycles. The van der Waals surface area contributed by atoms with Crippen LogP contribution in [0.1, 0.15) is 54.4 Å². The third-order valence-electron chi connectivity index (χ3n) is 6.89. The Bertz CT molecular complexity index is 1060. The van der Waals surface area contributed by atoms with E-state index in [0.29, 0.717) is 33.6 Å². The van der Waals surface area contributed by atoms with Crippen molar-refractivity contribution in [3.63, 3.8) is 0 Å². The van der Waals surface area contributed by atoms with Crippen LogP contribution in [0.15, 0.2) is 36.4 Å². The largest absolute Gasteiger partial charge is 0.405 e. The van der Waals surface area contributed by atoms with Crippen LogP contribution < -0.4 is 5.32 Å². The molecule has 0 bridgehead atoms. The third kappa shape index (κ3) is 6.31. The van der Waals surface area contributed by atoms with E-state index in [2.05, 4.69) is 0 Å². The van der Waals surface area contributed by atoms with Gasteiger partial charge in [0.2, 0.25) is 5.91 Å². The van der Waals surface area contributed by atoms with Gasteiger partial charge in [-0.25, -0.2) is 0 Å². The van der Waals surface area contributed by atoms with E-state index in [-0.39, 0.29) is 17.4 Å². The van der Waals surface area contributed by atoms with Crippen molar-refractivity contribution in [2.45, 2.75) is 57.2 Å². The molecule has 1 saturated heterocycles. The molecule has 2 aromatic rings. The fourth-order valence-electron chi connectivity index (χ4n) is 5.02. The van der Waals surface area contributed by atoms with Gasteiger partial charge in [0.15, 0.2) is 0 Å². The first-order chi connectivity index (χ1) is 16.6. The molecule has 1 unspecified atom stereocenters. The molecule has 35 heavy (non-hydrogen) atoms. The molecule has 188 valence electrons. The number of halogens is 5. The lowest BCUT2D eigenvalue weighted by Gasteiger charge is -2.31. The molecule has 4 rings (SSSR count). The van der Waals surface area contributed by atoms with Crippen molar-refractivity contribution in [3.8, 4) is 11.1 Å². The zero-order valence-corrected chi connectivity index (χ0v) is 20.6. The average Bonchev–Trinajstić information content (AvgIpc) is 3.20. The fourth-order valence-corrected chi connectivity index (χ4v) is 5.66. The van der Waals surface area contributed by atoms with Gasteiger partial charge in [0, 0.05) is 34.1 Å². The monoisotopic (exact) mass is 526 g/mol. The Morgan fingerprint density at radius 2 is 1.60 bits per heavy atom. The summed E-state index contributed by atoms with van der Waals surface area (Å²) in [5, 5.41) is 2.77. The number of rotatable bonds is 6. The molecule has 2 aliphatic rings. The molecule has 2 aromatic carbocycles. The predicted molar refractivity (Wildman–Crippen MR) is 131 cm³/mol. The number of hydrogen-bond donors (Lipinski definition) is 1. The predicted octanol–water partition coefficient (Wildman–Crippen LogP) is 6.68. The first kappa shape index (κ1) is 25.8. The number of benzene rings is 2. The van der Waals surface area contributed by atoms with Crippen LogP contribution in [0.5, 0.6) is 0 Å². The molecular weight excluding hydrogens is 500 g/mol. The summed E-state index contributed by atoms with van der Waals surface area (Å²) in [5.74, 6) is -0.747. The molecule has 1 heterocycles. The van der Waals surface area contributed by atoms with E-state index in [0.717, 1.165) is 31.4 Å². The van der Waals surface area contributed by atoms with Crippen LogP contribution in [0, 0.1) is 5.92 Å². The number of amides is 2. The van der Waals surface area contributed by atoms with Crippen molar-refractivity contribution in [1.82, 2.24) is 10.2 Å². The molecule has 9 heteroatoms.